The van der Waals surface area contributed by atoms with E-state index in [1.165, 1.54) is 6.42 Å². The maximum absolute atomic E-state index is 12.4. The van der Waals surface area contributed by atoms with E-state index < -0.39 is 0 Å². The lowest BCUT2D eigenvalue weighted by Gasteiger charge is -2.35. The van der Waals surface area contributed by atoms with Crippen LogP contribution in [0.5, 0.6) is 0 Å². The van der Waals surface area contributed by atoms with Gasteiger partial charge in [0.15, 0.2) is 0 Å². The minimum Gasteiger partial charge on any atom is -0.337 e. The van der Waals surface area contributed by atoms with E-state index >= 15 is 0 Å². The van der Waals surface area contributed by atoms with Crippen LogP contribution in [0.3, 0.4) is 0 Å². The van der Waals surface area contributed by atoms with Crippen molar-refractivity contribution >= 4 is 17.8 Å². The number of piperidine rings is 1. The van der Waals surface area contributed by atoms with Crippen molar-refractivity contribution in [3.8, 4) is 0 Å². The van der Waals surface area contributed by atoms with Gasteiger partial charge in [0.05, 0.1) is 12.2 Å². The van der Waals surface area contributed by atoms with Gasteiger partial charge < -0.3 is 10.2 Å². The summed E-state index contributed by atoms with van der Waals surface area (Å²) in [6.07, 6.45) is 6.99. The van der Waals surface area contributed by atoms with Crippen LogP contribution in [0.15, 0.2) is 12.4 Å². The Labute approximate surface area is 131 Å². The molecular formula is C15H26N4OS. The number of amides is 2. The number of hydrogen-bond acceptors (Lipinski definition) is 3. The number of carbonyl (C=O) groups excluding carboxylic acids is 1. The molecule has 1 atom stereocenters. The Morgan fingerprint density at radius 2 is 2.33 bits per heavy atom. The number of nitrogens with one attached hydrogen (secondary N) is 2. The minimum absolute atomic E-state index is 0.0513. The molecule has 0 aromatic carbocycles. The third-order valence-corrected chi connectivity index (χ3v) is 4.86. The van der Waals surface area contributed by atoms with Gasteiger partial charge in [-0.1, -0.05) is 20.8 Å². The first-order valence-electron chi connectivity index (χ1n) is 7.64. The Balaban J connectivity index is 1.85. The van der Waals surface area contributed by atoms with E-state index in [9.17, 15) is 4.79 Å². The lowest BCUT2D eigenvalue weighted by molar-refractivity contribution is 0.152. The number of aromatic nitrogens is 2. The van der Waals surface area contributed by atoms with Gasteiger partial charge in [0.2, 0.25) is 0 Å². The summed E-state index contributed by atoms with van der Waals surface area (Å²) < 4.78 is 0.245. The largest absolute Gasteiger partial charge is 0.337 e. The van der Waals surface area contributed by atoms with E-state index in [2.05, 4.69) is 36.3 Å². The molecule has 1 aromatic heterocycles. The summed E-state index contributed by atoms with van der Waals surface area (Å²) >= 11 is 1.87. The molecule has 2 amide bonds. The SMILES string of the molecule is CC(C)(C)SCCNC(=O)N1CCCC[C@H]1c1cn[nH]c1. The third-order valence-electron chi connectivity index (χ3n) is 3.58. The summed E-state index contributed by atoms with van der Waals surface area (Å²) in [6, 6.07) is 0.211. The zero-order valence-corrected chi connectivity index (χ0v) is 14.0. The van der Waals surface area contributed by atoms with E-state index in [1.807, 2.05) is 29.1 Å². The molecule has 0 bridgehead atoms. The van der Waals surface area contributed by atoms with E-state index in [-0.39, 0.29) is 16.8 Å². The van der Waals surface area contributed by atoms with Gasteiger partial charge in [-0.2, -0.15) is 16.9 Å². The maximum Gasteiger partial charge on any atom is 0.317 e. The number of likely N-dealkylation sites (tertiary alicyclic amines) is 1. The van der Waals surface area contributed by atoms with Gasteiger partial charge in [0, 0.05) is 35.3 Å². The molecule has 21 heavy (non-hydrogen) atoms. The second-order valence-corrected chi connectivity index (χ2v) is 8.35. The third kappa shape index (κ3) is 4.95. The molecule has 2 rings (SSSR count). The van der Waals surface area contributed by atoms with Crippen molar-refractivity contribution < 1.29 is 4.79 Å². The van der Waals surface area contributed by atoms with Crippen molar-refractivity contribution in [2.75, 3.05) is 18.8 Å². The van der Waals surface area contributed by atoms with Gasteiger partial charge in [0.1, 0.15) is 0 Å². The Hall–Kier alpha value is -1.17. The summed E-state index contributed by atoms with van der Waals surface area (Å²) in [5.41, 5.74) is 1.11. The fraction of sp³-hybridized carbons (Fsp3) is 0.733. The smallest absolute Gasteiger partial charge is 0.317 e. The first-order valence-corrected chi connectivity index (χ1v) is 8.63. The zero-order valence-electron chi connectivity index (χ0n) is 13.2. The lowest BCUT2D eigenvalue weighted by Crippen LogP contribution is -2.45. The summed E-state index contributed by atoms with van der Waals surface area (Å²) in [5.74, 6) is 0.944. The van der Waals surface area contributed by atoms with Crippen LogP contribution in [0.2, 0.25) is 0 Å². The fourth-order valence-electron chi connectivity index (χ4n) is 2.58. The second-order valence-electron chi connectivity index (χ2n) is 6.43. The Morgan fingerprint density at radius 3 is 3.00 bits per heavy atom. The number of aromatic amines is 1. The average molecular weight is 310 g/mol. The fourth-order valence-corrected chi connectivity index (χ4v) is 3.40. The number of nitrogens with zero attached hydrogens (tertiary/aromatic N) is 2. The number of hydrogen-bond donors (Lipinski definition) is 2. The maximum atomic E-state index is 12.4. The van der Waals surface area contributed by atoms with Crippen LogP contribution in [0.25, 0.3) is 0 Å². The molecule has 0 unspecified atom stereocenters. The predicted octanol–water partition coefficient (Wildman–Crippen LogP) is 3.18. The highest BCUT2D eigenvalue weighted by atomic mass is 32.2. The molecule has 2 heterocycles. The molecule has 1 aromatic rings. The molecule has 1 aliphatic heterocycles. The van der Waals surface area contributed by atoms with Crippen molar-refractivity contribution in [2.24, 2.45) is 0 Å². The van der Waals surface area contributed by atoms with Gasteiger partial charge in [-0.15, -0.1) is 0 Å². The zero-order chi connectivity index (χ0) is 15.3. The highest BCUT2D eigenvalue weighted by Gasteiger charge is 2.28. The summed E-state index contributed by atoms with van der Waals surface area (Å²) in [6.45, 7) is 8.13. The highest BCUT2D eigenvalue weighted by molar-refractivity contribution is 8.00. The van der Waals surface area contributed by atoms with E-state index in [1.54, 1.807) is 0 Å². The van der Waals surface area contributed by atoms with Crippen LogP contribution < -0.4 is 5.32 Å². The van der Waals surface area contributed by atoms with Crippen LogP contribution >= 0.6 is 11.8 Å². The van der Waals surface area contributed by atoms with E-state index in [0.29, 0.717) is 0 Å². The van der Waals surface area contributed by atoms with E-state index in [4.69, 9.17) is 0 Å². The van der Waals surface area contributed by atoms with Gasteiger partial charge in [-0.3, -0.25) is 5.10 Å². The normalized spacial score (nSPS) is 19.6. The monoisotopic (exact) mass is 310 g/mol. The topological polar surface area (TPSA) is 61.0 Å². The van der Waals surface area contributed by atoms with Crippen LogP contribution in [0.4, 0.5) is 4.79 Å². The minimum atomic E-state index is 0.0513. The number of thioether (sulfide) groups is 1. The first kappa shape index (κ1) is 16.2. The van der Waals surface area contributed by atoms with Crippen LogP contribution in [-0.4, -0.2) is 44.7 Å². The Bertz CT molecular complexity index is 441. The van der Waals surface area contributed by atoms with Gasteiger partial charge in [0.25, 0.3) is 0 Å². The molecule has 6 heteroatoms. The predicted molar refractivity (Wildman–Crippen MR) is 87.5 cm³/mol. The molecule has 2 N–H and O–H groups in total. The van der Waals surface area contributed by atoms with Crippen molar-refractivity contribution in [1.82, 2.24) is 20.4 Å². The average Bonchev–Trinajstić information content (AvgIpc) is 2.96. The molecule has 0 radical (unpaired) electrons. The van der Waals surface area contributed by atoms with Crippen LogP contribution in [-0.2, 0) is 0 Å². The van der Waals surface area contributed by atoms with Crippen molar-refractivity contribution in [1.29, 1.82) is 0 Å². The molecule has 0 saturated carbocycles. The van der Waals surface area contributed by atoms with Crippen molar-refractivity contribution in [3.63, 3.8) is 0 Å². The Kier molecular flexibility index (Phi) is 5.56. The summed E-state index contributed by atoms with van der Waals surface area (Å²) in [4.78, 5) is 14.4. The molecule has 1 fully saturated rings. The first-order chi connectivity index (χ1) is 9.97. The van der Waals surface area contributed by atoms with Gasteiger partial charge in [-0.05, 0) is 19.3 Å². The van der Waals surface area contributed by atoms with Gasteiger partial charge in [-0.25, -0.2) is 4.79 Å². The summed E-state index contributed by atoms with van der Waals surface area (Å²) in [7, 11) is 0. The highest BCUT2D eigenvalue weighted by Crippen LogP contribution is 2.30. The van der Waals surface area contributed by atoms with Crippen molar-refractivity contribution in [2.45, 2.75) is 50.8 Å². The van der Waals surface area contributed by atoms with Crippen LogP contribution in [0, 0.1) is 0 Å². The van der Waals surface area contributed by atoms with Gasteiger partial charge >= 0.3 is 6.03 Å². The van der Waals surface area contributed by atoms with E-state index in [0.717, 1.165) is 37.2 Å². The van der Waals surface area contributed by atoms with Crippen molar-refractivity contribution in [3.05, 3.63) is 18.0 Å². The Morgan fingerprint density at radius 1 is 1.52 bits per heavy atom. The lowest BCUT2D eigenvalue weighted by atomic mass is 9.98. The molecule has 5 nitrogen and oxygen atoms in total. The number of rotatable bonds is 4. The van der Waals surface area contributed by atoms with Crippen LogP contribution in [0.1, 0.15) is 51.6 Å². The number of urea groups is 1. The number of carbonyl (C=O) groups is 1. The molecule has 0 aliphatic carbocycles. The standard InChI is InChI=1S/C15H26N4OS/c1-15(2,3)21-9-7-16-14(20)19-8-5-4-6-13(19)12-10-17-18-11-12/h10-11,13H,4-9H2,1-3H3,(H,16,20)(H,17,18)/t13-/m0/s1. The summed E-state index contributed by atoms with van der Waals surface area (Å²) in [5, 5.41) is 9.90. The molecule has 1 aliphatic rings. The quantitative estimate of drug-likeness (QED) is 0.840. The molecule has 0 spiro atoms. The molecule has 1 saturated heterocycles. The number of H-pyrrole nitrogens is 1. The molecular weight excluding hydrogens is 284 g/mol. The molecule has 118 valence electrons. The second kappa shape index (κ2) is 7.20.